The summed E-state index contributed by atoms with van der Waals surface area (Å²) in [5, 5.41) is 15.8. The highest BCUT2D eigenvalue weighted by Crippen LogP contribution is 2.21. The Kier molecular flexibility index (Phi) is 5.17. The Morgan fingerprint density at radius 3 is 2.81 bits per heavy atom. The molecule has 1 aromatic heterocycles. The maximum absolute atomic E-state index is 13.3. The lowest BCUT2D eigenvalue weighted by Gasteiger charge is -2.13. The maximum atomic E-state index is 13.3. The summed E-state index contributed by atoms with van der Waals surface area (Å²) in [6.07, 6.45) is -1.01. The van der Waals surface area contributed by atoms with Crippen LogP contribution < -0.4 is 10.6 Å². The number of benzene rings is 1. The van der Waals surface area contributed by atoms with Gasteiger partial charge < -0.3 is 10.4 Å². The van der Waals surface area contributed by atoms with Gasteiger partial charge in [-0.15, -0.1) is 11.3 Å². The van der Waals surface area contributed by atoms with E-state index in [1.54, 1.807) is 6.07 Å². The van der Waals surface area contributed by atoms with E-state index in [1.165, 1.54) is 23.5 Å². The first-order valence-electron chi connectivity index (χ1n) is 6.20. The van der Waals surface area contributed by atoms with Crippen LogP contribution in [0, 0.1) is 12.7 Å². The van der Waals surface area contributed by atoms with Crippen molar-refractivity contribution in [3.05, 3.63) is 51.6 Å². The molecular weight excluding hydrogens is 315 g/mol. The first kappa shape index (κ1) is 15.8. The number of carbonyl (C=O) groups excluding carboxylic acids is 1. The van der Waals surface area contributed by atoms with Crippen LogP contribution >= 0.6 is 22.9 Å². The molecule has 0 bridgehead atoms. The molecule has 2 rings (SSSR count). The number of amides is 2. The van der Waals surface area contributed by atoms with Crippen molar-refractivity contribution < 1.29 is 14.3 Å². The molecule has 3 N–H and O–H groups in total. The number of carbonyl (C=O) groups is 1. The van der Waals surface area contributed by atoms with Crippen LogP contribution in [0.5, 0.6) is 0 Å². The maximum Gasteiger partial charge on any atom is 0.319 e. The van der Waals surface area contributed by atoms with Gasteiger partial charge in [0.15, 0.2) is 0 Å². The molecule has 4 nitrogen and oxygen atoms in total. The van der Waals surface area contributed by atoms with Crippen LogP contribution in [0.4, 0.5) is 14.2 Å². The van der Waals surface area contributed by atoms with Crippen LogP contribution in [-0.2, 0) is 0 Å². The third-order valence-corrected chi connectivity index (χ3v) is 3.98. The monoisotopic (exact) mass is 328 g/mol. The van der Waals surface area contributed by atoms with Gasteiger partial charge in [0.25, 0.3) is 0 Å². The van der Waals surface area contributed by atoms with Gasteiger partial charge in [0.1, 0.15) is 5.82 Å². The molecule has 112 valence electrons. The fraction of sp³-hybridized carbons (Fsp3) is 0.214. The number of aliphatic hydroxyl groups is 1. The van der Waals surface area contributed by atoms with Gasteiger partial charge in [0, 0.05) is 11.4 Å². The third-order valence-electron chi connectivity index (χ3n) is 2.76. The first-order chi connectivity index (χ1) is 9.95. The van der Waals surface area contributed by atoms with Crippen LogP contribution in [0.1, 0.15) is 16.5 Å². The Hall–Kier alpha value is -1.63. The van der Waals surface area contributed by atoms with Gasteiger partial charge in [0.2, 0.25) is 0 Å². The molecule has 2 amide bonds. The lowest BCUT2D eigenvalue weighted by Crippen LogP contribution is -2.32. The van der Waals surface area contributed by atoms with Crippen LogP contribution in [0.2, 0.25) is 5.02 Å². The number of rotatable bonds is 4. The predicted octanol–water partition coefficient (Wildman–Crippen LogP) is 3.70. The lowest BCUT2D eigenvalue weighted by atomic mass is 10.1. The quantitative estimate of drug-likeness (QED) is 0.801. The van der Waals surface area contributed by atoms with E-state index in [4.69, 9.17) is 11.6 Å². The summed E-state index contributed by atoms with van der Waals surface area (Å²) in [5.41, 5.74) is 0.351. The molecule has 0 fully saturated rings. The number of hydrogen-bond acceptors (Lipinski definition) is 3. The second kappa shape index (κ2) is 6.89. The molecule has 0 aliphatic rings. The van der Waals surface area contributed by atoms with E-state index in [0.29, 0.717) is 5.56 Å². The average Bonchev–Trinajstić information content (AvgIpc) is 2.84. The van der Waals surface area contributed by atoms with E-state index in [-0.39, 0.29) is 11.6 Å². The molecule has 1 heterocycles. The summed E-state index contributed by atoms with van der Waals surface area (Å²) >= 11 is 7.02. The normalized spacial score (nSPS) is 12.0. The molecule has 0 saturated heterocycles. The fourth-order valence-corrected chi connectivity index (χ4v) is 2.56. The van der Waals surface area contributed by atoms with Gasteiger partial charge in [0.05, 0.1) is 16.1 Å². The van der Waals surface area contributed by atoms with Crippen LogP contribution in [0.25, 0.3) is 0 Å². The summed E-state index contributed by atoms with van der Waals surface area (Å²) < 4.78 is 13.3. The molecule has 0 saturated carbocycles. The summed E-state index contributed by atoms with van der Waals surface area (Å²) in [6, 6.07) is 7.29. The van der Waals surface area contributed by atoms with Crippen LogP contribution in [0.3, 0.4) is 0 Å². The Morgan fingerprint density at radius 1 is 1.43 bits per heavy atom. The van der Waals surface area contributed by atoms with Crippen molar-refractivity contribution in [3.8, 4) is 0 Å². The topological polar surface area (TPSA) is 61.4 Å². The summed E-state index contributed by atoms with van der Waals surface area (Å²) in [5.74, 6) is -0.605. The summed E-state index contributed by atoms with van der Waals surface area (Å²) in [7, 11) is 0. The number of nitrogens with one attached hydrogen (secondary N) is 2. The Bertz CT molecular complexity index is 648. The van der Waals surface area contributed by atoms with Gasteiger partial charge in [-0.3, -0.25) is 5.32 Å². The van der Waals surface area contributed by atoms with Gasteiger partial charge in [-0.2, -0.15) is 0 Å². The number of thiophene rings is 1. The van der Waals surface area contributed by atoms with Crippen molar-refractivity contribution in [3.63, 3.8) is 0 Å². The largest absolute Gasteiger partial charge is 0.387 e. The molecule has 2 aromatic rings. The molecule has 0 spiro atoms. The van der Waals surface area contributed by atoms with E-state index in [9.17, 15) is 14.3 Å². The minimum atomic E-state index is -1.01. The minimum Gasteiger partial charge on any atom is -0.387 e. The highest BCUT2D eigenvalue weighted by Gasteiger charge is 2.12. The zero-order chi connectivity index (χ0) is 15.4. The van der Waals surface area contributed by atoms with Crippen molar-refractivity contribution in [2.24, 2.45) is 0 Å². The molecule has 0 aliphatic carbocycles. The van der Waals surface area contributed by atoms with E-state index in [1.807, 2.05) is 13.0 Å². The number of halogens is 2. The van der Waals surface area contributed by atoms with Crippen molar-refractivity contribution in [2.75, 3.05) is 11.9 Å². The van der Waals surface area contributed by atoms with Gasteiger partial charge in [-0.1, -0.05) is 17.7 Å². The third kappa shape index (κ3) is 4.42. The number of urea groups is 1. The molecule has 7 heteroatoms. The SMILES string of the molecule is Cc1ccc(NC(=O)NCC(O)c2ccc(Cl)c(F)c2)s1. The van der Waals surface area contributed by atoms with E-state index < -0.39 is 18.0 Å². The number of hydrogen-bond donors (Lipinski definition) is 3. The zero-order valence-electron chi connectivity index (χ0n) is 11.2. The van der Waals surface area contributed by atoms with Crippen LogP contribution in [-0.4, -0.2) is 17.7 Å². The summed E-state index contributed by atoms with van der Waals surface area (Å²) in [6.45, 7) is 1.91. The fourth-order valence-electron chi connectivity index (χ4n) is 1.68. The van der Waals surface area contributed by atoms with E-state index in [2.05, 4.69) is 10.6 Å². The number of aliphatic hydroxyl groups excluding tert-OH is 1. The Balaban J connectivity index is 1.86. The van der Waals surface area contributed by atoms with Crippen molar-refractivity contribution in [1.29, 1.82) is 0 Å². The second-order valence-electron chi connectivity index (χ2n) is 4.43. The van der Waals surface area contributed by atoms with Crippen molar-refractivity contribution >= 4 is 34.0 Å². The van der Waals surface area contributed by atoms with E-state index in [0.717, 1.165) is 15.9 Å². The molecule has 0 radical (unpaired) electrons. The predicted molar refractivity (Wildman–Crippen MR) is 82.4 cm³/mol. The van der Waals surface area contributed by atoms with Gasteiger partial charge in [-0.25, -0.2) is 9.18 Å². The van der Waals surface area contributed by atoms with Crippen molar-refractivity contribution in [1.82, 2.24) is 5.32 Å². The first-order valence-corrected chi connectivity index (χ1v) is 7.39. The molecule has 21 heavy (non-hydrogen) atoms. The molecular formula is C14H14ClFN2O2S. The minimum absolute atomic E-state index is 0.00952. The number of aryl methyl sites for hydroxylation is 1. The highest BCUT2D eigenvalue weighted by molar-refractivity contribution is 7.16. The van der Waals surface area contributed by atoms with E-state index >= 15 is 0 Å². The Morgan fingerprint density at radius 2 is 2.19 bits per heavy atom. The smallest absolute Gasteiger partial charge is 0.319 e. The number of anilines is 1. The average molecular weight is 329 g/mol. The van der Waals surface area contributed by atoms with Gasteiger partial charge >= 0.3 is 6.03 Å². The van der Waals surface area contributed by atoms with Gasteiger partial charge in [-0.05, 0) is 36.8 Å². The second-order valence-corrected chi connectivity index (χ2v) is 6.13. The zero-order valence-corrected chi connectivity index (χ0v) is 12.8. The lowest BCUT2D eigenvalue weighted by molar-refractivity contribution is 0.174. The molecule has 1 unspecified atom stereocenters. The molecule has 1 aromatic carbocycles. The molecule has 1 atom stereocenters. The highest BCUT2D eigenvalue weighted by atomic mass is 35.5. The molecule has 0 aliphatic heterocycles. The van der Waals surface area contributed by atoms with Crippen LogP contribution in [0.15, 0.2) is 30.3 Å². The van der Waals surface area contributed by atoms with Crippen molar-refractivity contribution in [2.45, 2.75) is 13.0 Å². The Labute approximate surface area is 130 Å². The summed E-state index contributed by atoms with van der Waals surface area (Å²) in [4.78, 5) is 12.7. The standard InChI is InChI=1S/C14H14ClFN2O2S/c1-8-2-5-13(21-8)18-14(20)17-7-12(19)9-3-4-10(15)11(16)6-9/h2-6,12,19H,7H2,1H3,(H2,17,18,20).